The smallest absolute Gasteiger partial charge is 0.263 e. The molecule has 2 aromatic rings. The summed E-state index contributed by atoms with van der Waals surface area (Å²) in [5.41, 5.74) is 7.32. The Labute approximate surface area is 132 Å². The van der Waals surface area contributed by atoms with Crippen LogP contribution in [0.15, 0.2) is 18.3 Å². The first-order valence-electron chi connectivity index (χ1n) is 7.15. The van der Waals surface area contributed by atoms with E-state index in [-0.39, 0.29) is 11.9 Å². The standard InChI is InChI=1S/C15H19N3OS2/c1-20-10-5-2-4-9(8-10)18-15(19)14-12(16)13-11(21-14)6-3-7-17-13/h3,6-7,9-10H,2,4-5,8,16H2,1H3,(H,18,19). The summed E-state index contributed by atoms with van der Waals surface area (Å²) in [5, 5.41) is 3.81. The molecule has 1 saturated carbocycles. The van der Waals surface area contributed by atoms with E-state index in [1.165, 1.54) is 24.2 Å². The molecule has 2 atom stereocenters. The molecule has 4 nitrogen and oxygen atoms in total. The summed E-state index contributed by atoms with van der Waals surface area (Å²) >= 11 is 3.32. The summed E-state index contributed by atoms with van der Waals surface area (Å²) in [7, 11) is 0. The number of nitrogens with two attached hydrogens (primary N) is 1. The molecule has 1 amide bonds. The highest BCUT2D eigenvalue weighted by molar-refractivity contribution is 7.99. The van der Waals surface area contributed by atoms with Crippen molar-refractivity contribution in [2.75, 3.05) is 12.0 Å². The van der Waals surface area contributed by atoms with Crippen LogP contribution in [-0.4, -0.2) is 28.4 Å². The zero-order valence-electron chi connectivity index (χ0n) is 12.0. The van der Waals surface area contributed by atoms with Crippen molar-refractivity contribution >= 4 is 44.9 Å². The fourth-order valence-corrected chi connectivity index (χ4v) is 4.67. The number of nitrogen functional groups attached to an aromatic ring is 1. The summed E-state index contributed by atoms with van der Waals surface area (Å²) in [6.07, 6.45) is 8.39. The monoisotopic (exact) mass is 321 g/mol. The SMILES string of the molecule is CSC1CCCC(NC(=O)c2sc3cccnc3c2N)C1. The van der Waals surface area contributed by atoms with E-state index in [0.29, 0.717) is 15.8 Å². The lowest BCUT2D eigenvalue weighted by Crippen LogP contribution is -2.39. The van der Waals surface area contributed by atoms with E-state index in [4.69, 9.17) is 5.73 Å². The van der Waals surface area contributed by atoms with Crippen LogP contribution in [0.2, 0.25) is 0 Å². The van der Waals surface area contributed by atoms with E-state index < -0.39 is 0 Å². The van der Waals surface area contributed by atoms with Crippen molar-refractivity contribution in [1.82, 2.24) is 10.3 Å². The number of nitrogens with one attached hydrogen (secondary N) is 1. The topological polar surface area (TPSA) is 68.0 Å². The Balaban J connectivity index is 1.76. The van der Waals surface area contributed by atoms with E-state index >= 15 is 0 Å². The molecule has 3 N–H and O–H groups in total. The van der Waals surface area contributed by atoms with Gasteiger partial charge in [-0.05, 0) is 37.7 Å². The predicted molar refractivity (Wildman–Crippen MR) is 91.1 cm³/mol. The van der Waals surface area contributed by atoms with Gasteiger partial charge in [-0.3, -0.25) is 9.78 Å². The van der Waals surface area contributed by atoms with Gasteiger partial charge >= 0.3 is 0 Å². The van der Waals surface area contributed by atoms with Crippen LogP contribution in [0.3, 0.4) is 0 Å². The highest BCUT2D eigenvalue weighted by Crippen LogP contribution is 2.32. The Morgan fingerprint density at radius 1 is 1.52 bits per heavy atom. The molecule has 3 rings (SSSR count). The third-order valence-electron chi connectivity index (χ3n) is 3.98. The zero-order valence-corrected chi connectivity index (χ0v) is 13.6. The number of thiophene rings is 1. The average Bonchev–Trinajstić information content (AvgIpc) is 2.85. The second-order valence-corrected chi connectivity index (χ2v) is 7.58. The van der Waals surface area contributed by atoms with Gasteiger partial charge in [-0.15, -0.1) is 11.3 Å². The minimum absolute atomic E-state index is 0.0535. The van der Waals surface area contributed by atoms with Crippen molar-refractivity contribution in [1.29, 1.82) is 0 Å². The maximum atomic E-state index is 12.5. The third kappa shape index (κ3) is 3.01. The van der Waals surface area contributed by atoms with Crippen molar-refractivity contribution < 1.29 is 4.79 Å². The fraction of sp³-hybridized carbons (Fsp3) is 0.467. The number of hydrogen-bond donors (Lipinski definition) is 2. The number of rotatable bonds is 3. The number of carbonyl (C=O) groups excluding carboxylic acids is 1. The molecule has 2 unspecified atom stereocenters. The number of amides is 1. The third-order valence-corrected chi connectivity index (χ3v) is 6.24. The van der Waals surface area contributed by atoms with Crippen molar-refractivity contribution in [3.8, 4) is 0 Å². The molecule has 1 aliphatic carbocycles. The number of thioether (sulfide) groups is 1. The molecule has 0 bridgehead atoms. The summed E-state index contributed by atoms with van der Waals surface area (Å²) in [6, 6.07) is 4.08. The van der Waals surface area contributed by atoms with Gasteiger partial charge in [-0.1, -0.05) is 6.42 Å². The Morgan fingerprint density at radius 3 is 3.14 bits per heavy atom. The van der Waals surface area contributed by atoms with E-state index in [1.54, 1.807) is 6.20 Å². The second-order valence-electron chi connectivity index (χ2n) is 5.39. The van der Waals surface area contributed by atoms with Crippen LogP contribution in [0.5, 0.6) is 0 Å². The Hall–Kier alpha value is -1.27. The highest BCUT2D eigenvalue weighted by Gasteiger charge is 2.25. The second kappa shape index (κ2) is 6.23. The van der Waals surface area contributed by atoms with Gasteiger partial charge in [0.25, 0.3) is 5.91 Å². The lowest BCUT2D eigenvalue weighted by Gasteiger charge is -2.28. The highest BCUT2D eigenvalue weighted by atomic mass is 32.2. The first-order chi connectivity index (χ1) is 10.2. The summed E-state index contributed by atoms with van der Waals surface area (Å²) in [4.78, 5) is 17.3. The number of anilines is 1. The van der Waals surface area contributed by atoms with Gasteiger partial charge in [0.15, 0.2) is 0 Å². The number of hydrogen-bond acceptors (Lipinski definition) is 5. The minimum atomic E-state index is -0.0535. The summed E-state index contributed by atoms with van der Waals surface area (Å²) < 4.78 is 0.964. The first kappa shape index (κ1) is 14.7. The van der Waals surface area contributed by atoms with Crippen LogP contribution < -0.4 is 11.1 Å². The number of pyridine rings is 1. The zero-order chi connectivity index (χ0) is 14.8. The van der Waals surface area contributed by atoms with E-state index in [2.05, 4.69) is 16.6 Å². The molecule has 1 fully saturated rings. The lowest BCUT2D eigenvalue weighted by atomic mass is 9.95. The molecule has 21 heavy (non-hydrogen) atoms. The molecular weight excluding hydrogens is 302 g/mol. The summed E-state index contributed by atoms with van der Waals surface area (Å²) in [6.45, 7) is 0. The van der Waals surface area contributed by atoms with Crippen molar-refractivity contribution in [3.63, 3.8) is 0 Å². The van der Waals surface area contributed by atoms with Gasteiger partial charge in [0.1, 0.15) is 10.4 Å². The molecule has 0 saturated heterocycles. The predicted octanol–water partition coefficient (Wildman–Crippen LogP) is 3.28. The van der Waals surface area contributed by atoms with Crippen molar-refractivity contribution in [2.45, 2.75) is 37.0 Å². The molecule has 112 valence electrons. The van der Waals surface area contributed by atoms with Crippen molar-refractivity contribution in [2.24, 2.45) is 0 Å². The quantitative estimate of drug-likeness (QED) is 0.910. The number of aromatic nitrogens is 1. The van der Waals surface area contributed by atoms with Gasteiger partial charge in [0, 0.05) is 17.5 Å². The van der Waals surface area contributed by atoms with Crippen LogP contribution in [0.25, 0.3) is 10.2 Å². The maximum absolute atomic E-state index is 12.5. The summed E-state index contributed by atoms with van der Waals surface area (Å²) in [5.74, 6) is -0.0535. The van der Waals surface area contributed by atoms with Crippen LogP contribution >= 0.6 is 23.1 Å². The van der Waals surface area contributed by atoms with Crippen LogP contribution in [0, 0.1) is 0 Å². The first-order valence-corrected chi connectivity index (χ1v) is 9.26. The molecule has 0 aliphatic heterocycles. The van der Waals surface area contributed by atoms with Crippen molar-refractivity contribution in [3.05, 3.63) is 23.2 Å². The van der Waals surface area contributed by atoms with Gasteiger partial charge in [0.2, 0.25) is 0 Å². The van der Waals surface area contributed by atoms with E-state index in [9.17, 15) is 4.79 Å². The van der Waals surface area contributed by atoms with Crippen LogP contribution in [0.1, 0.15) is 35.4 Å². The van der Waals surface area contributed by atoms with Gasteiger partial charge < -0.3 is 11.1 Å². The van der Waals surface area contributed by atoms with Gasteiger partial charge in [-0.2, -0.15) is 11.8 Å². The normalized spacial score (nSPS) is 22.3. The van der Waals surface area contributed by atoms with E-state index in [0.717, 1.165) is 23.1 Å². The molecule has 2 heterocycles. The molecule has 6 heteroatoms. The maximum Gasteiger partial charge on any atom is 0.263 e. The lowest BCUT2D eigenvalue weighted by molar-refractivity contribution is 0.0933. The van der Waals surface area contributed by atoms with Gasteiger partial charge in [0.05, 0.1) is 10.4 Å². The molecule has 0 aromatic carbocycles. The molecule has 0 spiro atoms. The number of fused-ring (bicyclic) bond motifs is 1. The minimum Gasteiger partial charge on any atom is -0.396 e. The Kier molecular flexibility index (Phi) is 4.35. The Morgan fingerprint density at radius 2 is 2.38 bits per heavy atom. The van der Waals surface area contributed by atoms with Gasteiger partial charge in [-0.25, -0.2) is 0 Å². The Bertz CT molecular complexity index is 655. The number of carbonyl (C=O) groups is 1. The fourth-order valence-electron chi connectivity index (χ4n) is 2.86. The van der Waals surface area contributed by atoms with Crippen LogP contribution in [-0.2, 0) is 0 Å². The van der Waals surface area contributed by atoms with E-state index in [1.807, 2.05) is 23.9 Å². The molecular formula is C15H19N3OS2. The molecule has 1 aliphatic rings. The molecule has 0 radical (unpaired) electrons. The average molecular weight is 321 g/mol. The number of nitrogens with zero attached hydrogens (tertiary/aromatic N) is 1. The largest absolute Gasteiger partial charge is 0.396 e. The van der Waals surface area contributed by atoms with Crippen LogP contribution in [0.4, 0.5) is 5.69 Å². The molecule has 2 aromatic heterocycles.